The quantitative estimate of drug-likeness (QED) is 0.671. The Hall–Kier alpha value is -2.72. The number of aromatic nitrogens is 1. The topological polar surface area (TPSA) is 122 Å². The van der Waals surface area contributed by atoms with Crippen LogP contribution in [0.15, 0.2) is 33.7 Å². The molecule has 2 aromatic rings. The Labute approximate surface area is 164 Å². The second-order valence-electron chi connectivity index (χ2n) is 6.33. The zero-order chi connectivity index (χ0) is 20.9. The van der Waals surface area contributed by atoms with Gasteiger partial charge in [0.1, 0.15) is 10.6 Å². The van der Waals surface area contributed by atoms with Crippen molar-refractivity contribution in [1.82, 2.24) is 20.1 Å². The first-order valence-electron chi connectivity index (χ1n) is 8.63. The second-order valence-corrected chi connectivity index (χ2v) is 8.03. The Morgan fingerprint density at radius 1 is 1.18 bits per heavy atom. The molecule has 28 heavy (non-hydrogen) atoms. The van der Waals surface area contributed by atoms with Crippen molar-refractivity contribution in [3.8, 4) is 0 Å². The summed E-state index contributed by atoms with van der Waals surface area (Å²) in [5, 5.41) is 6.17. The third kappa shape index (κ3) is 5.17. The minimum atomic E-state index is -3.79. The zero-order valence-electron chi connectivity index (χ0n) is 16.3. The van der Waals surface area contributed by atoms with Crippen LogP contribution in [0, 0.1) is 13.8 Å². The van der Waals surface area contributed by atoms with Crippen molar-refractivity contribution in [3.63, 3.8) is 0 Å². The highest BCUT2D eigenvalue weighted by molar-refractivity contribution is 7.89. The number of sulfonamides is 1. The largest absolute Gasteiger partial charge is 0.360 e. The first kappa shape index (κ1) is 21.6. The van der Waals surface area contributed by atoms with Gasteiger partial charge in [-0.3, -0.25) is 9.59 Å². The van der Waals surface area contributed by atoms with Gasteiger partial charge < -0.3 is 14.7 Å². The maximum atomic E-state index is 12.3. The number of rotatable bonds is 8. The van der Waals surface area contributed by atoms with E-state index in [0.29, 0.717) is 12.1 Å². The molecule has 152 valence electrons. The number of hydrogen-bond acceptors (Lipinski definition) is 6. The molecule has 2 amide bonds. The third-order valence-corrected chi connectivity index (χ3v) is 5.86. The number of nitrogens with one attached hydrogen (secondary N) is 2. The van der Waals surface area contributed by atoms with E-state index in [2.05, 4.69) is 15.2 Å². The maximum absolute atomic E-state index is 12.3. The number of nitrogens with zero attached hydrogens (tertiary/aromatic N) is 2. The van der Waals surface area contributed by atoms with Gasteiger partial charge in [0, 0.05) is 39.2 Å². The van der Waals surface area contributed by atoms with Gasteiger partial charge in [-0.25, -0.2) is 13.1 Å². The molecule has 0 unspecified atom stereocenters. The minimum Gasteiger partial charge on any atom is -0.360 e. The van der Waals surface area contributed by atoms with Crippen LogP contribution in [0.5, 0.6) is 0 Å². The molecule has 1 aromatic carbocycles. The SMILES string of the molecule is CNC(=O)c1ccc(CN(C)C(=O)CCNS(=O)(=O)c2c(C)noc2C)cc1. The van der Waals surface area contributed by atoms with E-state index in [1.54, 1.807) is 45.3 Å². The number of amides is 2. The lowest BCUT2D eigenvalue weighted by Gasteiger charge is -2.17. The summed E-state index contributed by atoms with van der Waals surface area (Å²) >= 11 is 0. The molecule has 0 bridgehead atoms. The van der Waals surface area contributed by atoms with E-state index in [1.807, 2.05) is 0 Å². The molecule has 2 N–H and O–H groups in total. The predicted octanol–water partition coefficient (Wildman–Crippen LogP) is 0.978. The highest BCUT2D eigenvalue weighted by Gasteiger charge is 2.24. The first-order chi connectivity index (χ1) is 13.2. The molecule has 10 heteroatoms. The minimum absolute atomic E-state index is 0.00418. The van der Waals surface area contributed by atoms with E-state index in [1.165, 1.54) is 11.8 Å². The number of aryl methyl sites for hydroxylation is 2. The van der Waals surface area contributed by atoms with E-state index in [4.69, 9.17) is 4.52 Å². The smallest absolute Gasteiger partial charge is 0.251 e. The molecular formula is C18H24N4O5S. The monoisotopic (exact) mass is 408 g/mol. The first-order valence-corrected chi connectivity index (χ1v) is 10.1. The Balaban J connectivity index is 1.88. The second kappa shape index (κ2) is 8.98. The number of benzene rings is 1. The van der Waals surface area contributed by atoms with Crippen molar-refractivity contribution in [2.75, 3.05) is 20.6 Å². The summed E-state index contributed by atoms with van der Waals surface area (Å²) in [4.78, 5) is 25.3. The molecule has 0 saturated carbocycles. The van der Waals surface area contributed by atoms with E-state index >= 15 is 0 Å². The lowest BCUT2D eigenvalue weighted by Crippen LogP contribution is -2.32. The Kier molecular flexibility index (Phi) is 6.92. The Morgan fingerprint density at radius 3 is 2.36 bits per heavy atom. The molecule has 1 heterocycles. The number of carbonyl (C=O) groups is 2. The zero-order valence-corrected chi connectivity index (χ0v) is 17.1. The van der Waals surface area contributed by atoms with Gasteiger partial charge in [-0.2, -0.15) is 0 Å². The fourth-order valence-electron chi connectivity index (χ4n) is 2.68. The molecule has 0 atom stereocenters. The summed E-state index contributed by atoms with van der Waals surface area (Å²) in [6, 6.07) is 6.91. The average Bonchev–Trinajstić information content (AvgIpc) is 3.00. The summed E-state index contributed by atoms with van der Waals surface area (Å²) in [5.41, 5.74) is 1.67. The fraction of sp³-hybridized carbons (Fsp3) is 0.389. The van der Waals surface area contributed by atoms with Crippen LogP contribution < -0.4 is 10.0 Å². The Bertz CT molecular complexity index is 931. The van der Waals surface area contributed by atoms with Gasteiger partial charge in [0.05, 0.1) is 0 Å². The van der Waals surface area contributed by atoms with Crippen LogP contribution in [0.25, 0.3) is 0 Å². The van der Waals surface area contributed by atoms with Crippen molar-refractivity contribution in [2.24, 2.45) is 0 Å². The van der Waals surface area contributed by atoms with Gasteiger partial charge in [0.15, 0.2) is 5.76 Å². The molecular weight excluding hydrogens is 384 g/mol. The predicted molar refractivity (Wildman–Crippen MR) is 102 cm³/mol. The molecule has 0 aliphatic rings. The summed E-state index contributed by atoms with van der Waals surface area (Å²) < 4.78 is 31.9. The van der Waals surface area contributed by atoms with Gasteiger partial charge in [-0.15, -0.1) is 0 Å². The molecule has 0 saturated heterocycles. The molecule has 0 radical (unpaired) electrons. The molecule has 2 rings (SSSR count). The molecule has 1 aromatic heterocycles. The summed E-state index contributed by atoms with van der Waals surface area (Å²) in [7, 11) is -0.594. The third-order valence-electron chi connectivity index (χ3n) is 4.16. The van der Waals surface area contributed by atoms with Crippen LogP contribution in [-0.2, 0) is 21.4 Å². The van der Waals surface area contributed by atoms with E-state index in [0.717, 1.165) is 5.56 Å². The van der Waals surface area contributed by atoms with E-state index in [-0.39, 0.29) is 41.1 Å². The maximum Gasteiger partial charge on any atom is 0.251 e. The van der Waals surface area contributed by atoms with E-state index < -0.39 is 10.0 Å². The van der Waals surface area contributed by atoms with Crippen LogP contribution in [0.2, 0.25) is 0 Å². The fourth-order valence-corrected chi connectivity index (χ4v) is 4.04. The van der Waals surface area contributed by atoms with Crippen LogP contribution in [0.1, 0.15) is 33.8 Å². The van der Waals surface area contributed by atoms with Crippen LogP contribution in [-0.4, -0.2) is 50.9 Å². The Morgan fingerprint density at radius 2 is 1.82 bits per heavy atom. The molecule has 0 spiro atoms. The average molecular weight is 408 g/mol. The number of carbonyl (C=O) groups excluding carboxylic acids is 2. The van der Waals surface area contributed by atoms with Crippen molar-refractivity contribution < 1.29 is 22.5 Å². The molecule has 0 fully saturated rings. The van der Waals surface area contributed by atoms with Crippen molar-refractivity contribution >= 4 is 21.8 Å². The lowest BCUT2D eigenvalue weighted by atomic mass is 10.1. The summed E-state index contributed by atoms with van der Waals surface area (Å²) in [5.74, 6) is -0.188. The highest BCUT2D eigenvalue weighted by atomic mass is 32.2. The molecule has 0 aliphatic carbocycles. The van der Waals surface area contributed by atoms with E-state index in [9.17, 15) is 18.0 Å². The highest BCUT2D eigenvalue weighted by Crippen LogP contribution is 2.18. The summed E-state index contributed by atoms with van der Waals surface area (Å²) in [6.07, 6.45) is 0.00935. The van der Waals surface area contributed by atoms with Crippen LogP contribution >= 0.6 is 0 Å². The number of hydrogen-bond donors (Lipinski definition) is 2. The van der Waals surface area contributed by atoms with Crippen molar-refractivity contribution in [2.45, 2.75) is 31.7 Å². The standard InChI is InChI=1S/C18H24N4O5S/c1-12-17(13(2)27-21-12)28(25,26)20-10-9-16(23)22(4)11-14-5-7-15(8-6-14)18(24)19-3/h5-8,20H,9-11H2,1-4H3,(H,19,24). The van der Waals surface area contributed by atoms with Gasteiger partial charge in [0.2, 0.25) is 15.9 Å². The van der Waals surface area contributed by atoms with Crippen LogP contribution in [0.3, 0.4) is 0 Å². The normalized spacial score (nSPS) is 11.3. The van der Waals surface area contributed by atoms with Crippen molar-refractivity contribution in [1.29, 1.82) is 0 Å². The van der Waals surface area contributed by atoms with Gasteiger partial charge in [-0.1, -0.05) is 17.3 Å². The lowest BCUT2D eigenvalue weighted by molar-refractivity contribution is -0.130. The molecule has 9 nitrogen and oxygen atoms in total. The van der Waals surface area contributed by atoms with Crippen molar-refractivity contribution in [3.05, 3.63) is 46.8 Å². The van der Waals surface area contributed by atoms with Crippen LogP contribution in [0.4, 0.5) is 0 Å². The molecule has 0 aliphatic heterocycles. The van der Waals surface area contributed by atoms with Gasteiger partial charge in [0.25, 0.3) is 5.91 Å². The van der Waals surface area contributed by atoms with Gasteiger partial charge >= 0.3 is 0 Å². The van der Waals surface area contributed by atoms with Gasteiger partial charge in [-0.05, 0) is 31.5 Å². The summed E-state index contributed by atoms with van der Waals surface area (Å²) in [6.45, 7) is 3.37.